The van der Waals surface area contributed by atoms with Crippen molar-refractivity contribution in [3.63, 3.8) is 0 Å². The minimum atomic E-state index is -0.0478. The van der Waals surface area contributed by atoms with Crippen LogP contribution in [0, 0.1) is 0 Å². The van der Waals surface area contributed by atoms with Crippen LogP contribution in [0.5, 0.6) is 11.6 Å². The molecule has 0 bridgehead atoms. The Balaban J connectivity index is 1.40. The number of ether oxygens (including phenoxy) is 2. The highest BCUT2D eigenvalue weighted by molar-refractivity contribution is 9.10. The molecule has 1 aromatic carbocycles. The molecule has 2 amide bonds. The fourth-order valence-corrected chi connectivity index (χ4v) is 3.06. The Hall–Kier alpha value is -2.28. The average molecular weight is 420 g/mol. The maximum absolute atomic E-state index is 12.3. The lowest BCUT2D eigenvalue weighted by atomic mass is 10.1. The van der Waals surface area contributed by atoms with Crippen LogP contribution in [0.4, 0.5) is 4.79 Å². The molecule has 2 heterocycles. The van der Waals surface area contributed by atoms with Crippen molar-refractivity contribution in [3.8, 4) is 11.6 Å². The molecule has 1 saturated heterocycles. The predicted octanol–water partition coefficient (Wildman–Crippen LogP) is 3.26. The van der Waals surface area contributed by atoms with E-state index in [1.807, 2.05) is 36.4 Å². The normalized spacial score (nSPS) is 16.4. The molecule has 0 spiro atoms. The lowest BCUT2D eigenvalue weighted by molar-refractivity contribution is 0.183. The van der Waals surface area contributed by atoms with Gasteiger partial charge in [0, 0.05) is 36.2 Å². The lowest BCUT2D eigenvalue weighted by Crippen LogP contribution is -2.40. The number of halogens is 1. The van der Waals surface area contributed by atoms with Gasteiger partial charge in [-0.05, 0) is 46.1 Å². The molecule has 0 aliphatic carbocycles. The number of nitrogens with zero attached hydrogens (tertiary/aromatic N) is 2. The molecular formula is C19H22BrN3O3. The summed E-state index contributed by atoms with van der Waals surface area (Å²) < 4.78 is 11.9. The molecular weight excluding hydrogens is 398 g/mol. The van der Waals surface area contributed by atoms with E-state index in [9.17, 15) is 4.79 Å². The Morgan fingerprint density at radius 1 is 1.31 bits per heavy atom. The molecule has 1 atom stereocenters. The number of urea groups is 1. The van der Waals surface area contributed by atoms with Crippen molar-refractivity contribution >= 4 is 22.0 Å². The van der Waals surface area contributed by atoms with Gasteiger partial charge in [0.25, 0.3) is 0 Å². The van der Waals surface area contributed by atoms with E-state index >= 15 is 0 Å². The van der Waals surface area contributed by atoms with Gasteiger partial charge in [-0.2, -0.15) is 0 Å². The number of amides is 2. The summed E-state index contributed by atoms with van der Waals surface area (Å²) in [5.41, 5.74) is 1.16. The number of carbonyl (C=O) groups excluding carboxylic acids is 1. The molecule has 1 N–H and O–H groups in total. The Kier molecular flexibility index (Phi) is 6.33. The molecule has 1 aliphatic rings. The smallest absolute Gasteiger partial charge is 0.317 e. The molecule has 1 aromatic heterocycles. The number of benzene rings is 1. The van der Waals surface area contributed by atoms with Crippen molar-refractivity contribution in [2.75, 3.05) is 26.7 Å². The first kappa shape index (κ1) is 18.5. The van der Waals surface area contributed by atoms with E-state index in [4.69, 9.17) is 9.47 Å². The van der Waals surface area contributed by atoms with Crippen molar-refractivity contribution in [3.05, 3.63) is 52.6 Å². The van der Waals surface area contributed by atoms with Gasteiger partial charge in [0.1, 0.15) is 11.9 Å². The van der Waals surface area contributed by atoms with Gasteiger partial charge in [-0.1, -0.05) is 12.1 Å². The number of pyridine rings is 1. The summed E-state index contributed by atoms with van der Waals surface area (Å²) in [6, 6.07) is 11.5. The Labute approximate surface area is 161 Å². The van der Waals surface area contributed by atoms with Gasteiger partial charge in [-0.25, -0.2) is 9.78 Å². The van der Waals surface area contributed by atoms with Crippen LogP contribution in [-0.2, 0) is 6.42 Å². The van der Waals surface area contributed by atoms with Crippen molar-refractivity contribution in [1.82, 2.24) is 15.2 Å². The molecule has 0 saturated carbocycles. The summed E-state index contributed by atoms with van der Waals surface area (Å²) in [4.78, 5) is 18.3. The van der Waals surface area contributed by atoms with Gasteiger partial charge in [0.05, 0.1) is 13.7 Å². The van der Waals surface area contributed by atoms with Crippen LogP contribution >= 0.6 is 15.9 Å². The second kappa shape index (κ2) is 8.89. The van der Waals surface area contributed by atoms with Crippen LogP contribution in [0.3, 0.4) is 0 Å². The van der Waals surface area contributed by atoms with Gasteiger partial charge >= 0.3 is 6.03 Å². The number of rotatable bonds is 6. The first-order valence-electron chi connectivity index (χ1n) is 8.58. The summed E-state index contributed by atoms with van der Waals surface area (Å²) in [5, 5.41) is 2.97. The zero-order valence-electron chi connectivity index (χ0n) is 14.7. The molecule has 138 valence electrons. The zero-order chi connectivity index (χ0) is 18.4. The molecule has 0 radical (unpaired) electrons. The molecule has 3 rings (SSSR count). The van der Waals surface area contributed by atoms with Gasteiger partial charge in [0.2, 0.25) is 5.88 Å². The van der Waals surface area contributed by atoms with Crippen LogP contribution < -0.4 is 14.8 Å². The Bertz CT molecular complexity index is 722. The molecule has 1 fully saturated rings. The second-order valence-corrected chi connectivity index (χ2v) is 7.03. The molecule has 6 nitrogen and oxygen atoms in total. The quantitative estimate of drug-likeness (QED) is 0.780. The number of carbonyl (C=O) groups is 1. The van der Waals surface area contributed by atoms with E-state index in [-0.39, 0.29) is 12.1 Å². The maximum Gasteiger partial charge on any atom is 0.317 e. The van der Waals surface area contributed by atoms with Gasteiger partial charge in [0.15, 0.2) is 0 Å². The highest BCUT2D eigenvalue weighted by atomic mass is 79.9. The fourth-order valence-electron chi connectivity index (χ4n) is 2.83. The molecule has 1 unspecified atom stereocenters. The van der Waals surface area contributed by atoms with E-state index in [2.05, 4.69) is 26.2 Å². The summed E-state index contributed by atoms with van der Waals surface area (Å²) in [6.07, 6.45) is 3.28. The van der Waals surface area contributed by atoms with Crippen LogP contribution in [0.2, 0.25) is 0 Å². The number of hydrogen-bond donors (Lipinski definition) is 1. The summed E-state index contributed by atoms with van der Waals surface area (Å²) in [7, 11) is 1.65. The number of hydrogen-bond acceptors (Lipinski definition) is 4. The van der Waals surface area contributed by atoms with Gasteiger partial charge in [-0.15, -0.1) is 0 Å². The van der Waals surface area contributed by atoms with E-state index in [0.717, 1.165) is 28.6 Å². The van der Waals surface area contributed by atoms with Gasteiger partial charge in [-0.3, -0.25) is 0 Å². The topological polar surface area (TPSA) is 63.7 Å². The van der Waals surface area contributed by atoms with Crippen molar-refractivity contribution in [2.24, 2.45) is 0 Å². The third-order valence-electron chi connectivity index (χ3n) is 4.27. The average Bonchev–Trinajstić information content (AvgIpc) is 3.13. The molecule has 7 heteroatoms. The SMILES string of the molecule is COc1ccc(CCNC(=O)N2CCC(Oc3ccc(Br)cn3)C2)cc1. The minimum Gasteiger partial charge on any atom is -0.497 e. The van der Waals surface area contributed by atoms with Crippen LogP contribution in [-0.4, -0.2) is 48.8 Å². The minimum absolute atomic E-state index is 0.0176. The van der Waals surface area contributed by atoms with E-state index in [1.54, 1.807) is 18.2 Å². The number of methoxy groups -OCH3 is 1. The van der Waals surface area contributed by atoms with Gasteiger partial charge < -0.3 is 19.7 Å². The van der Waals surface area contributed by atoms with Crippen molar-refractivity contribution in [2.45, 2.75) is 18.9 Å². The maximum atomic E-state index is 12.3. The van der Waals surface area contributed by atoms with Crippen LogP contribution in [0.15, 0.2) is 47.1 Å². The Morgan fingerprint density at radius 2 is 2.12 bits per heavy atom. The zero-order valence-corrected chi connectivity index (χ0v) is 16.2. The Morgan fingerprint density at radius 3 is 2.81 bits per heavy atom. The second-order valence-electron chi connectivity index (χ2n) is 6.12. The lowest BCUT2D eigenvalue weighted by Gasteiger charge is -2.17. The summed E-state index contributed by atoms with van der Waals surface area (Å²) in [6.45, 7) is 1.86. The summed E-state index contributed by atoms with van der Waals surface area (Å²) >= 11 is 3.35. The largest absolute Gasteiger partial charge is 0.497 e. The standard InChI is InChI=1S/C19H22BrN3O3/c1-25-16-5-2-14(3-6-16)8-10-21-19(24)23-11-9-17(13-23)26-18-7-4-15(20)12-22-18/h2-7,12,17H,8-11,13H2,1H3,(H,21,24). The first-order valence-corrected chi connectivity index (χ1v) is 9.37. The van der Waals surface area contributed by atoms with Crippen LogP contribution in [0.1, 0.15) is 12.0 Å². The number of likely N-dealkylation sites (tertiary alicyclic amines) is 1. The van der Waals surface area contributed by atoms with E-state index in [0.29, 0.717) is 25.5 Å². The molecule has 26 heavy (non-hydrogen) atoms. The molecule has 1 aliphatic heterocycles. The predicted molar refractivity (Wildman–Crippen MR) is 103 cm³/mol. The monoisotopic (exact) mass is 419 g/mol. The first-order chi connectivity index (χ1) is 12.6. The van der Waals surface area contributed by atoms with E-state index < -0.39 is 0 Å². The van der Waals surface area contributed by atoms with E-state index in [1.165, 1.54) is 0 Å². The number of nitrogens with one attached hydrogen (secondary N) is 1. The molecule has 2 aromatic rings. The summed E-state index contributed by atoms with van der Waals surface area (Å²) in [5.74, 6) is 1.42. The highest BCUT2D eigenvalue weighted by Crippen LogP contribution is 2.18. The van der Waals surface area contributed by atoms with Crippen LogP contribution in [0.25, 0.3) is 0 Å². The fraction of sp³-hybridized carbons (Fsp3) is 0.368. The number of aromatic nitrogens is 1. The van der Waals surface area contributed by atoms with Crippen molar-refractivity contribution < 1.29 is 14.3 Å². The highest BCUT2D eigenvalue weighted by Gasteiger charge is 2.27. The third-order valence-corrected chi connectivity index (χ3v) is 4.74. The third kappa shape index (κ3) is 5.11. The van der Waals surface area contributed by atoms with Crippen molar-refractivity contribution in [1.29, 1.82) is 0 Å².